The number of rotatable bonds is 4. The lowest BCUT2D eigenvalue weighted by molar-refractivity contribution is 0.492. The van der Waals surface area contributed by atoms with Gasteiger partial charge in [-0.3, -0.25) is 0 Å². The number of hydrogen-bond donors (Lipinski definition) is 1. The third kappa shape index (κ3) is 3.38. The van der Waals surface area contributed by atoms with Crippen molar-refractivity contribution in [3.05, 3.63) is 70.0 Å². The average molecular weight is 292 g/mol. The molecule has 0 aliphatic carbocycles. The van der Waals surface area contributed by atoms with Crippen molar-refractivity contribution in [2.24, 2.45) is 0 Å². The third-order valence-electron chi connectivity index (χ3n) is 3.58. The predicted molar refractivity (Wildman–Crippen MR) is 82.6 cm³/mol. The zero-order valence-electron chi connectivity index (χ0n) is 12.0. The van der Waals surface area contributed by atoms with Crippen LogP contribution in [0, 0.1) is 12.7 Å². The van der Waals surface area contributed by atoms with E-state index in [-0.39, 0.29) is 17.9 Å². The maximum Gasteiger partial charge on any atom is 0.124 e. The fourth-order valence-electron chi connectivity index (χ4n) is 2.48. The Labute approximate surface area is 124 Å². The molecule has 0 amide bonds. The van der Waals surface area contributed by atoms with E-state index in [2.05, 4.69) is 31.3 Å². The maximum atomic E-state index is 13.1. The van der Waals surface area contributed by atoms with E-state index in [1.165, 1.54) is 23.3 Å². The van der Waals surface area contributed by atoms with Crippen molar-refractivity contribution in [1.29, 1.82) is 0 Å². The topological polar surface area (TPSA) is 12.0 Å². The molecule has 2 aromatic rings. The Kier molecular flexibility index (Phi) is 4.79. The molecule has 0 saturated carbocycles. The molecule has 106 valence electrons. The van der Waals surface area contributed by atoms with Crippen LogP contribution in [0.25, 0.3) is 0 Å². The maximum absolute atomic E-state index is 13.1. The lowest BCUT2D eigenvalue weighted by Crippen LogP contribution is -2.23. The molecule has 2 rings (SSSR count). The van der Waals surface area contributed by atoms with Crippen molar-refractivity contribution in [3.8, 4) is 0 Å². The van der Waals surface area contributed by atoms with E-state index >= 15 is 0 Å². The molecule has 0 heterocycles. The first-order valence-electron chi connectivity index (χ1n) is 6.75. The normalized spacial score (nSPS) is 14.1. The largest absolute Gasteiger partial charge is 0.304 e. The minimum atomic E-state index is -0.307. The quantitative estimate of drug-likeness (QED) is 0.816. The van der Waals surface area contributed by atoms with E-state index in [9.17, 15) is 4.39 Å². The fourth-order valence-corrected chi connectivity index (χ4v) is 2.81. The number of aryl methyl sites for hydroxylation is 1. The third-order valence-corrected chi connectivity index (χ3v) is 3.91. The first-order valence-corrected chi connectivity index (χ1v) is 7.13. The molecule has 0 aliphatic rings. The Morgan fingerprint density at radius 1 is 1.00 bits per heavy atom. The smallest absolute Gasteiger partial charge is 0.124 e. The van der Waals surface area contributed by atoms with Gasteiger partial charge in [-0.05, 0) is 49.6 Å². The average Bonchev–Trinajstić information content (AvgIpc) is 2.38. The summed E-state index contributed by atoms with van der Waals surface area (Å²) in [6, 6.07) is 13.1. The van der Waals surface area contributed by atoms with E-state index in [0.29, 0.717) is 5.02 Å². The molecule has 0 spiro atoms. The molecule has 1 nitrogen and oxygen atoms in total. The molecular weight excluding hydrogens is 273 g/mol. The van der Waals surface area contributed by atoms with Crippen molar-refractivity contribution in [1.82, 2.24) is 5.32 Å². The Balaban J connectivity index is 2.15. The summed E-state index contributed by atoms with van der Waals surface area (Å²) in [5.74, 6) is -0.307. The van der Waals surface area contributed by atoms with Gasteiger partial charge in [0.05, 0.1) is 0 Å². The van der Waals surface area contributed by atoms with Crippen molar-refractivity contribution >= 4 is 11.6 Å². The van der Waals surface area contributed by atoms with Crippen LogP contribution in [-0.4, -0.2) is 0 Å². The number of benzene rings is 2. The molecule has 2 atom stereocenters. The summed E-state index contributed by atoms with van der Waals surface area (Å²) in [5.41, 5.74) is 3.43. The van der Waals surface area contributed by atoms with Gasteiger partial charge in [0.2, 0.25) is 0 Å². The monoisotopic (exact) mass is 291 g/mol. The predicted octanol–water partition coefficient (Wildman–Crippen LogP) is 5.20. The van der Waals surface area contributed by atoms with Crippen LogP contribution in [0.5, 0.6) is 0 Å². The van der Waals surface area contributed by atoms with Crippen LogP contribution in [-0.2, 0) is 0 Å². The van der Waals surface area contributed by atoms with Crippen LogP contribution >= 0.6 is 11.6 Å². The first kappa shape index (κ1) is 15.0. The van der Waals surface area contributed by atoms with Gasteiger partial charge >= 0.3 is 0 Å². The fraction of sp³-hybridized carbons (Fsp3) is 0.294. The standard InChI is InChI=1S/C17H19ClFN/c1-11-6-4-5-7-15(11)12(2)20-13(3)16-9-8-14(19)10-17(16)18/h4-10,12-13,20H,1-3H3/t12-,13?/m1/s1. The van der Waals surface area contributed by atoms with Crippen molar-refractivity contribution in [2.45, 2.75) is 32.9 Å². The van der Waals surface area contributed by atoms with Gasteiger partial charge in [-0.25, -0.2) is 4.39 Å². The SMILES string of the molecule is Cc1ccccc1[C@@H](C)NC(C)c1ccc(F)cc1Cl. The Morgan fingerprint density at radius 2 is 1.65 bits per heavy atom. The highest BCUT2D eigenvalue weighted by Gasteiger charge is 2.15. The summed E-state index contributed by atoms with van der Waals surface area (Å²) in [6.45, 7) is 6.26. The van der Waals surface area contributed by atoms with Gasteiger partial charge in [0, 0.05) is 17.1 Å². The molecule has 0 aliphatic heterocycles. The number of halogens is 2. The van der Waals surface area contributed by atoms with Crippen molar-refractivity contribution < 1.29 is 4.39 Å². The van der Waals surface area contributed by atoms with E-state index in [0.717, 1.165) is 5.56 Å². The Morgan fingerprint density at radius 3 is 2.30 bits per heavy atom. The van der Waals surface area contributed by atoms with E-state index in [1.807, 2.05) is 19.1 Å². The van der Waals surface area contributed by atoms with Crippen LogP contribution in [0.2, 0.25) is 5.02 Å². The van der Waals surface area contributed by atoms with Gasteiger partial charge in [0.25, 0.3) is 0 Å². The molecular formula is C17H19ClFN. The molecule has 2 aromatic carbocycles. The highest BCUT2D eigenvalue weighted by molar-refractivity contribution is 6.31. The van der Waals surface area contributed by atoms with Gasteiger partial charge in [0.15, 0.2) is 0 Å². The van der Waals surface area contributed by atoms with Crippen molar-refractivity contribution in [3.63, 3.8) is 0 Å². The van der Waals surface area contributed by atoms with Gasteiger partial charge in [-0.15, -0.1) is 0 Å². The summed E-state index contributed by atoms with van der Waals surface area (Å²) < 4.78 is 13.1. The van der Waals surface area contributed by atoms with Crippen LogP contribution < -0.4 is 5.32 Å². The number of nitrogens with one attached hydrogen (secondary N) is 1. The van der Waals surface area contributed by atoms with Gasteiger partial charge in [0.1, 0.15) is 5.82 Å². The molecule has 1 N–H and O–H groups in total. The summed E-state index contributed by atoms with van der Waals surface area (Å²) in [5, 5.41) is 3.97. The second kappa shape index (κ2) is 6.38. The van der Waals surface area contributed by atoms with Crippen molar-refractivity contribution in [2.75, 3.05) is 0 Å². The summed E-state index contributed by atoms with van der Waals surface area (Å²) >= 11 is 6.11. The minimum absolute atomic E-state index is 0.0534. The van der Waals surface area contributed by atoms with Crippen LogP contribution in [0.15, 0.2) is 42.5 Å². The summed E-state index contributed by atoms with van der Waals surface area (Å²) in [6.07, 6.45) is 0. The first-order chi connectivity index (χ1) is 9.49. The van der Waals surface area contributed by atoms with Crippen LogP contribution in [0.1, 0.15) is 42.6 Å². The molecule has 0 radical (unpaired) electrons. The van der Waals surface area contributed by atoms with Gasteiger partial charge in [-0.2, -0.15) is 0 Å². The van der Waals surface area contributed by atoms with E-state index < -0.39 is 0 Å². The Bertz CT molecular complexity index is 597. The van der Waals surface area contributed by atoms with Crippen LogP contribution in [0.4, 0.5) is 4.39 Å². The molecule has 0 aromatic heterocycles. The number of hydrogen-bond acceptors (Lipinski definition) is 1. The zero-order valence-corrected chi connectivity index (χ0v) is 12.7. The molecule has 20 heavy (non-hydrogen) atoms. The molecule has 0 bridgehead atoms. The summed E-state index contributed by atoms with van der Waals surface area (Å²) in [4.78, 5) is 0. The molecule has 0 fully saturated rings. The van der Waals surface area contributed by atoms with Crippen LogP contribution in [0.3, 0.4) is 0 Å². The zero-order chi connectivity index (χ0) is 14.7. The lowest BCUT2D eigenvalue weighted by Gasteiger charge is -2.22. The highest BCUT2D eigenvalue weighted by atomic mass is 35.5. The second-order valence-electron chi connectivity index (χ2n) is 5.13. The highest BCUT2D eigenvalue weighted by Crippen LogP contribution is 2.26. The van der Waals surface area contributed by atoms with Gasteiger partial charge in [-0.1, -0.05) is 41.9 Å². The van der Waals surface area contributed by atoms with E-state index in [1.54, 1.807) is 6.07 Å². The molecule has 1 unspecified atom stereocenters. The summed E-state index contributed by atoms with van der Waals surface area (Å²) in [7, 11) is 0. The second-order valence-corrected chi connectivity index (χ2v) is 5.54. The molecule has 0 saturated heterocycles. The molecule has 3 heteroatoms. The minimum Gasteiger partial charge on any atom is -0.304 e. The van der Waals surface area contributed by atoms with Gasteiger partial charge < -0.3 is 5.32 Å². The lowest BCUT2D eigenvalue weighted by atomic mass is 10.0. The van der Waals surface area contributed by atoms with E-state index in [4.69, 9.17) is 11.6 Å². The Hall–Kier alpha value is -1.38.